The number of amides is 1. The molecule has 1 aliphatic carbocycles. The second-order valence-corrected chi connectivity index (χ2v) is 10.8. The van der Waals surface area contributed by atoms with Crippen LogP contribution in [0.1, 0.15) is 43.6 Å². The number of hydrogen-bond acceptors (Lipinski definition) is 6. The first-order valence-electron chi connectivity index (χ1n) is 12.4. The fourth-order valence-corrected chi connectivity index (χ4v) is 5.97. The average Bonchev–Trinajstić information content (AvgIpc) is 3.36. The molecule has 36 heavy (non-hydrogen) atoms. The van der Waals surface area contributed by atoms with Crippen molar-refractivity contribution in [3.8, 4) is 22.1 Å². The highest BCUT2D eigenvalue weighted by atomic mass is 32.1. The number of ether oxygens (including phenoxy) is 2. The van der Waals surface area contributed by atoms with Crippen LogP contribution < -0.4 is 9.47 Å². The van der Waals surface area contributed by atoms with Crippen LogP contribution in [-0.2, 0) is 11.3 Å². The molecule has 0 saturated heterocycles. The number of carboxylic acid groups (broad SMARTS) is 1. The number of carbonyl (C=O) groups is 2. The van der Waals surface area contributed by atoms with Crippen molar-refractivity contribution in [1.82, 2.24) is 14.4 Å². The van der Waals surface area contributed by atoms with E-state index in [0.717, 1.165) is 59.5 Å². The molecule has 1 N–H and O–H groups in total. The van der Waals surface area contributed by atoms with Crippen LogP contribution in [0.2, 0.25) is 0 Å². The maximum absolute atomic E-state index is 12.9. The number of benzene rings is 1. The van der Waals surface area contributed by atoms with Crippen LogP contribution in [0.25, 0.3) is 21.5 Å². The first-order valence-corrected chi connectivity index (χ1v) is 13.2. The summed E-state index contributed by atoms with van der Waals surface area (Å²) in [5, 5.41) is 9.51. The summed E-state index contributed by atoms with van der Waals surface area (Å²) in [6.45, 7) is 1.60. The normalized spacial score (nSPS) is 14.4. The SMILES string of the molecule is CN(C)CCOc1ccc(-c2c(C3CCCCC3)c3sc(OC(=O)O)cc3n2CC(=O)N(C)C)cc1. The molecule has 1 amide bonds. The van der Waals surface area contributed by atoms with Gasteiger partial charge in [0.1, 0.15) is 18.9 Å². The summed E-state index contributed by atoms with van der Waals surface area (Å²) in [5.41, 5.74) is 4.09. The van der Waals surface area contributed by atoms with Crippen molar-refractivity contribution in [2.24, 2.45) is 0 Å². The molecule has 194 valence electrons. The molecule has 0 radical (unpaired) electrons. The third kappa shape index (κ3) is 5.84. The molecular formula is C27H35N3O5S. The highest BCUT2D eigenvalue weighted by molar-refractivity contribution is 7.21. The van der Waals surface area contributed by atoms with Crippen LogP contribution in [0.4, 0.5) is 4.79 Å². The molecule has 1 saturated carbocycles. The van der Waals surface area contributed by atoms with E-state index in [4.69, 9.17) is 9.47 Å². The largest absolute Gasteiger partial charge is 0.512 e. The van der Waals surface area contributed by atoms with Crippen molar-refractivity contribution in [1.29, 1.82) is 0 Å². The standard InChI is InChI=1S/C27H35N3O5S/c1-28(2)14-15-34-20-12-10-19(11-13-20)25-24(18-8-6-5-7-9-18)26-21(16-23(36-26)35-27(32)33)30(25)17-22(31)29(3)4/h10-13,16,18H,5-9,14-15,17H2,1-4H3,(H,32,33). The first-order chi connectivity index (χ1) is 17.2. The second kappa shape index (κ2) is 11.3. The summed E-state index contributed by atoms with van der Waals surface area (Å²) >= 11 is 1.35. The van der Waals surface area contributed by atoms with Gasteiger partial charge in [-0.1, -0.05) is 30.6 Å². The summed E-state index contributed by atoms with van der Waals surface area (Å²) in [6.07, 6.45) is 4.37. The number of fused-ring (bicyclic) bond motifs is 1. The molecule has 0 bridgehead atoms. The first kappa shape index (κ1) is 26.0. The Bertz CT molecular complexity index is 1210. The Hall–Kier alpha value is -3.04. The third-order valence-corrected chi connectivity index (χ3v) is 7.71. The van der Waals surface area contributed by atoms with Gasteiger partial charge in [-0.2, -0.15) is 0 Å². The lowest BCUT2D eigenvalue weighted by atomic mass is 9.83. The maximum atomic E-state index is 12.9. The van der Waals surface area contributed by atoms with Crippen molar-refractivity contribution in [2.75, 3.05) is 41.3 Å². The maximum Gasteiger partial charge on any atom is 0.512 e. The predicted molar refractivity (Wildman–Crippen MR) is 142 cm³/mol. The summed E-state index contributed by atoms with van der Waals surface area (Å²) in [4.78, 5) is 27.8. The van der Waals surface area contributed by atoms with Crippen LogP contribution >= 0.6 is 11.3 Å². The molecule has 3 aromatic rings. The minimum absolute atomic E-state index is 0.0288. The van der Waals surface area contributed by atoms with E-state index >= 15 is 0 Å². The van der Waals surface area contributed by atoms with E-state index < -0.39 is 6.16 Å². The molecule has 1 aromatic carbocycles. The molecule has 0 spiro atoms. The number of nitrogens with zero attached hydrogens (tertiary/aromatic N) is 3. The van der Waals surface area contributed by atoms with Crippen molar-refractivity contribution < 1.29 is 24.2 Å². The molecule has 2 aromatic heterocycles. The molecule has 9 heteroatoms. The van der Waals surface area contributed by atoms with Crippen LogP contribution in [0.3, 0.4) is 0 Å². The molecule has 1 aliphatic rings. The zero-order chi connectivity index (χ0) is 25.8. The van der Waals surface area contributed by atoms with Gasteiger partial charge in [0.15, 0.2) is 5.06 Å². The van der Waals surface area contributed by atoms with Crippen LogP contribution in [-0.4, -0.2) is 72.9 Å². The fraction of sp³-hybridized carbons (Fsp3) is 0.481. The van der Waals surface area contributed by atoms with Gasteiger partial charge in [0.25, 0.3) is 0 Å². The zero-order valence-electron chi connectivity index (χ0n) is 21.5. The van der Waals surface area contributed by atoms with Crippen LogP contribution in [0, 0.1) is 0 Å². The van der Waals surface area contributed by atoms with E-state index in [9.17, 15) is 14.7 Å². The zero-order valence-corrected chi connectivity index (χ0v) is 22.3. The number of rotatable bonds is 9. The average molecular weight is 514 g/mol. The lowest BCUT2D eigenvalue weighted by molar-refractivity contribution is -0.129. The van der Waals surface area contributed by atoms with Gasteiger partial charge in [-0.05, 0) is 68.2 Å². The smallest absolute Gasteiger partial charge is 0.492 e. The summed E-state index contributed by atoms with van der Waals surface area (Å²) in [7, 11) is 7.52. The molecule has 0 aliphatic heterocycles. The Morgan fingerprint density at radius 1 is 1.08 bits per heavy atom. The van der Waals surface area contributed by atoms with Crippen LogP contribution in [0.5, 0.6) is 10.8 Å². The Balaban J connectivity index is 1.83. The monoisotopic (exact) mass is 513 g/mol. The summed E-state index contributed by atoms with van der Waals surface area (Å²) in [6, 6.07) is 9.83. The minimum Gasteiger partial charge on any atom is -0.492 e. The lowest BCUT2D eigenvalue weighted by Crippen LogP contribution is -2.26. The molecule has 0 unspecified atom stereocenters. The van der Waals surface area contributed by atoms with E-state index in [0.29, 0.717) is 17.6 Å². The van der Waals surface area contributed by atoms with Crippen molar-refractivity contribution >= 4 is 33.6 Å². The van der Waals surface area contributed by atoms with Gasteiger partial charge < -0.3 is 28.9 Å². The van der Waals surface area contributed by atoms with Crippen LogP contribution in [0.15, 0.2) is 30.3 Å². The van der Waals surface area contributed by atoms with Gasteiger partial charge in [0.05, 0.1) is 15.9 Å². The number of hydrogen-bond donors (Lipinski definition) is 1. The second-order valence-electron chi connectivity index (χ2n) is 9.80. The molecule has 2 heterocycles. The Morgan fingerprint density at radius 2 is 1.78 bits per heavy atom. The van der Waals surface area contributed by atoms with Gasteiger partial charge in [-0.25, -0.2) is 4.79 Å². The van der Waals surface area contributed by atoms with E-state index in [1.807, 2.05) is 30.8 Å². The summed E-state index contributed by atoms with van der Waals surface area (Å²) < 4.78 is 14.0. The Kier molecular flexibility index (Phi) is 8.21. The van der Waals surface area contributed by atoms with Crippen molar-refractivity contribution in [3.05, 3.63) is 35.9 Å². The number of thiophene rings is 1. The van der Waals surface area contributed by atoms with Gasteiger partial charge in [-0.15, -0.1) is 0 Å². The molecule has 8 nitrogen and oxygen atoms in total. The number of aromatic nitrogens is 1. The van der Waals surface area contributed by atoms with E-state index in [1.165, 1.54) is 23.3 Å². The van der Waals surface area contributed by atoms with E-state index in [-0.39, 0.29) is 12.5 Å². The van der Waals surface area contributed by atoms with Gasteiger partial charge in [0, 0.05) is 26.7 Å². The fourth-order valence-electron chi connectivity index (χ4n) is 4.84. The predicted octanol–water partition coefficient (Wildman–Crippen LogP) is 5.50. The van der Waals surface area contributed by atoms with E-state index in [1.54, 1.807) is 25.1 Å². The summed E-state index contributed by atoms with van der Waals surface area (Å²) in [5.74, 6) is 1.12. The molecule has 1 fully saturated rings. The van der Waals surface area contributed by atoms with E-state index in [2.05, 4.69) is 17.0 Å². The lowest BCUT2D eigenvalue weighted by Gasteiger charge is -2.24. The van der Waals surface area contributed by atoms with Gasteiger partial charge >= 0.3 is 6.16 Å². The molecular weight excluding hydrogens is 478 g/mol. The molecule has 0 atom stereocenters. The topological polar surface area (TPSA) is 84.2 Å². The highest BCUT2D eigenvalue weighted by Crippen LogP contribution is 2.48. The Morgan fingerprint density at radius 3 is 2.39 bits per heavy atom. The minimum atomic E-state index is -1.33. The quantitative estimate of drug-likeness (QED) is 0.380. The number of carbonyl (C=O) groups excluding carboxylic acids is 1. The van der Waals surface area contributed by atoms with Crippen molar-refractivity contribution in [2.45, 2.75) is 44.6 Å². The highest BCUT2D eigenvalue weighted by Gasteiger charge is 2.29. The third-order valence-electron chi connectivity index (χ3n) is 6.68. The van der Waals surface area contributed by atoms with Gasteiger partial charge in [0.2, 0.25) is 5.91 Å². The van der Waals surface area contributed by atoms with Gasteiger partial charge in [-0.3, -0.25) is 4.79 Å². The molecule has 4 rings (SSSR count). The number of likely N-dealkylation sites (N-methyl/N-ethyl adjacent to an activating group) is 2. The Labute approximate surface area is 216 Å². The van der Waals surface area contributed by atoms with Crippen molar-refractivity contribution in [3.63, 3.8) is 0 Å².